The van der Waals surface area contributed by atoms with Gasteiger partial charge in [-0.05, 0) is 47.0 Å². The summed E-state index contributed by atoms with van der Waals surface area (Å²) in [5, 5.41) is 12.7. The third-order valence-corrected chi connectivity index (χ3v) is 5.63. The van der Waals surface area contributed by atoms with Crippen LogP contribution < -0.4 is 10.1 Å². The van der Waals surface area contributed by atoms with E-state index < -0.39 is 17.1 Å². The lowest BCUT2D eigenvalue weighted by molar-refractivity contribution is -0.127. The lowest BCUT2D eigenvalue weighted by Crippen LogP contribution is -2.36. The molecule has 0 bridgehead atoms. The molecular formula is C24H17N3O4S. The van der Waals surface area contributed by atoms with Gasteiger partial charge in [0.1, 0.15) is 18.4 Å². The summed E-state index contributed by atoms with van der Waals surface area (Å²) in [6.07, 6.45) is 1.58. The van der Waals surface area contributed by atoms with Crippen molar-refractivity contribution in [1.29, 1.82) is 5.26 Å². The normalized spacial score (nSPS) is 14.6. The van der Waals surface area contributed by atoms with Crippen LogP contribution in [0.3, 0.4) is 0 Å². The standard InChI is InChI=1S/C24H17N3O4S/c25-12-13-31-18-10-8-16(9-11-18)14-21-23(29)27(24(30)32-21)15-22(28)26-20-7-3-5-17-4-1-2-6-19(17)20/h1-11,14H,13,15H2,(H,26,28)/b21-14-. The average Bonchev–Trinajstić information content (AvgIpc) is 3.06. The molecule has 0 aliphatic carbocycles. The van der Waals surface area contributed by atoms with Gasteiger partial charge in [-0.3, -0.25) is 19.3 Å². The number of anilines is 1. The molecule has 8 heteroatoms. The van der Waals surface area contributed by atoms with Crippen LogP contribution in [0.5, 0.6) is 5.75 Å². The first-order chi connectivity index (χ1) is 15.5. The molecule has 3 aromatic carbocycles. The zero-order valence-electron chi connectivity index (χ0n) is 16.8. The number of nitrogens with zero attached hydrogens (tertiary/aromatic N) is 2. The number of amides is 3. The van der Waals surface area contributed by atoms with Gasteiger partial charge in [0.15, 0.2) is 6.61 Å². The molecule has 0 radical (unpaired) electrons. The number of carbonyl (C=O) groups excluding carboxylic acids is 3. The highest BCUT2D eigenvalue weighted by molar-refractivity contribution is 8.18. The van der Waals surface area contributed by atoms with Crippen molar-refractivity contribution >= 4 is 51.4 Å². The maximum atomic E-state index is 12.7. The van der Waals surface area contributed by atoms with E-state index in [9.17, 15) is 14.4 Å². The van der Waals surface area contributed by atoms with Crippen LogP contribution in [0.4, 0.5) is 10.5 Å². The van der Waals surface area contributed by atoms with E-state index >= 15 is 0 Å². The first kappa shape index (κ1) is 21.2. The smallest absolute Gasteiger partial charge is 0.294 e. The van der Waals surface area contributed by atoms with Crippen molar-refractivity contribution in [2.45, 2.75) is 0 Å². The summed E-state index contributed by atoms with van der Waals surface area (Å²) in [5.74, 6) is -0.441. The van der Waals surface area contributed by atoms with Crippen LogP contribution in [-0.2, 0) is 9.59 Å². The Morgan fingerprint density at radius 1 is 1.06 bits per heavy atom. The van der Waals surface area contributed by atoms with Crippen molar-refractivity contribution in [1.82, 2.24) is 4.90 Å². The minimum absolute atomic E-state index is 0.0565. The van der Waals surface area contributed by atoms with E-state index in [1.54, 1.807) is 36.4 Å². The van der Waals surface area contributed by atoms with E-state index in [1.807, 2.05) is 42.5 Å². The van der Waals surface area contributed by atoms with Crippen molar-refractivity contribution in [2.75, 3.05) is 18.5 Å². The highest BCUT2D eigenvalue weighted by atomic mass is 32.2. The number of nitriles is 1. The lowest BCUT2D eigenvalue weighted by Gasteiger charge is -2.13. The van der Waals surface area contributed by atoms with Gasteiger partial charge in [0, 0.05) is 11.1 Å². The minimum atomic E-state index is -0.516. The highest BCUT2D eigenvalue weighted by Gasteiger charge is 2.36. The molecule has 0 spiro atoms. The van der Waals surface area contributed by atoms with Crippen LogP contribution in [0.25, 0.3) is 16.8 Å². The van der Waals surface area contributed by atoms with Crippen LogP contribution in [0.2, 0.25) is 0 Å². The summed E-state index contributed by atoms with van der Waals surface area (Å²) in [6.45, 7) is -0.425. The summed E-state index contributed by atoms with van der Waals surface area (Å²) < 4.78 is 5.19. The van der Waals surface area contributed by atoms with E-state index in [2.05, 4.69) is 5.32 Å². The van der Waals surface area contributed by atoms with Crippen molar-refractivity contribution in [2.24, 2.45) is 0 Å². The Morgan fingerprint density at radius 3 is 2.59 bits per heavy atom. The SMILES string of the molecule is N#CCOc1ccc(/C=C2\SC(=O)N(CC(=O)Nc3cccc4ccccc34)C2=O)cc1. The van der Waals surface area contributed by atoms with E-state index in [1.165, 1.54) is 0 Å². The first-order valence-electron chi connectivity index (χ1n) is 9.68. The number of benzene rings is 3. The van der Waals surface area contributed by atoms with Gasteiger partial charge < -0.3 is 10.1 Å². The van der Waals surface area contributed by atoms with E-state index in [0.717, 1.165) is 27.4 Å². The molecule has 0 aromatic heterocycles. The molecule has 4 rings (SSSR count). The Kier molecular flexibility index (Phi) is 6.19. The van der Waals surface area contributed by atoms with Gasteiger partial charge in [0.2, 0.25) is 5.91 Å². The summed E-state index contributed by atoms with van der Waals surface area (Å²) in [4.78, 5) is 38.8. The Bertz CT molecular complexity index is 1270. The molecule has 1 aliphatic heterocycles. The summed E-state index contributed by atoms with van der Waals surface area (Å²) in [5.41, 5.74) is 1.31. The molecule has 0 saturated carbocycles. The third kappa shape index (κ3) is 4.63. The van der Waals surface area contributed by atoms with Gasteiger partial charge in [-0.25, -0.2) is 0 Å². The van der Waals surface area contributed by atoms with E-state index in [-0.39, 0.29) is 18.1 Å². The molecule has 0 atom stereocenters. The molecule has 32 heavy (non-hydrogen) atoms. The second-order valence-corrected chi connectivity index (χ2v) is 7.85. The highest BCUT2D eigenvalue weighted by Crippen LogP contribution is 2.32. The van der Waals surface area contributed by atoms with Gasteiger partial charge in [0.25, 0.3) is 11.1 Å². The van der Waals surface area contributed by atoms with Crippen molar-refractivity contribution in [3.8, 4) is 11.8 Å². The number of hydrogen-bond donors (Lipinski definition) is 1. The Labute approximate surface area is 188 Å². The van der Waals surface area contributed by atoms with Gasteiger partial charge in [-0.2, -0.15) is 5.26 Å². The monoisotopic (exact) mass is 443 g/mol. The molecule has 1 heterocycles. The largest absolute Gasteiger partial charge is 0.479 e. The van der Waals surface area contributed by atoms with E-state index in [0.29, 0.717) is 17.0 Å². The molecule has 1 N–H and O–H groups in total. The van der Waals surface area contributed by atoms with Gasteiger partial charge in [0.05, 0.1) is 4.91 Å². The number of thioether (sulfide) groups is 1. The second kappa shape index (κ2) is 9.37. The summed E-state index contributed by atoms with van der Waals surface area (Å²) >= 11 is 0.790. The van der Waals surface area contributed by atoms with Crippen molar-refractivity contribution in [3.05, 3.63) is 77.2 Å². The predicted octanol–water partition coefficient (Wildman–Crippen LogP) is 4.42. The number of nitrogens with one attached hydrogen (secondary N) is 1. The Hall–Kier alpha value is -4.09. The maximum absolute atomic E-state index is 12.7. The molecule has 0 unspecified atom stereocenters. The zero-order valence-corrected chi connectivity index (χ0v) is 17.6. The minimum Gasteiger partial charge on any atom is -0.479 e. The number of ether oxygens (including phenoxy) is 1. The molecule has 1 aliphatic rings. The van der Waals surface area contributed by atoms with Crippen LogP contribution >= 0.6 is 11.8 Å². The molecule has 7 nitrogen and oxygen atoms in total. The van der Waals surface area contributed by atoms with Crippen LogP contribution in [0.1, 0.15) is 5.56 Å². The topological polar surface area (TPSA) is 99.5 Å². The van der Waals surface area contributed by atoms with Crippen molar-refractivity contribution in [3.63, 3.8) is 0 Å². The molecular weight excluding hydrogens is 426 g/mol. The molecule has 1 saturated heterocycles. The van der Waals surface area contributed by atoms with Crippen molar-refractivity contribution < 1.29 is 19.1 Å². The fourth-order valence-corrected chi connectivity index (χ4v) is 4.07. The molecule has 1 fully saturated rings. The Morgan fingerprint density at radius 2 is 1.81 bits per heavy atom. The number of rotatable bonds is 6. The maximum Gasteiger partial charge on any atom is 0.294 e. The van der Waals surface area contributed by atoms with Gasteiger partial charge >= 0.3 is 0 Å². The number of fused-ring (bicyclic) bond motifs is 1. The fraction of sp³-hybridized carbons (Fsp3) is 0.0833. The fourth-order valence-electron chi connectivity index (χ4n) is 3.23. The zero-order chi connectivity index (χ0) is 22.5. The third-order valence-electron chi connectivity index (χ3n) is 4.72. The van der Waals surface area contributed by atoms with Crippen LogP contribution in [-0.4, -0.2) is 35.1 Å². The van der Waals surface area contributed by atoms with Gasteiger partial charge in [-0.1, -0.05) is 48.5 Å². The summed E-state index contributed by atoms with van der Waals surface area (Å²) in [6, 6.07) is 21.8. The number of imide groups is 1. The first-order valence-corrected chi connectivity index (χ1v) is 10.5. The number of carbonyl (C=O) groups is 3. The van der Waals surface area contributed by atoms with Gasteiger partial charge in [-0.15, -0.1) is 0 Å². The molecule has 3 amide bonds. The van der Waals surface area contributed by atoms with E-state index in [4.69, 9.17) is 10.00 Å². The summed E-state index contributed by atoms with van der Waals surface area (Å²) in [7, 11) is 0. The predicted molar refractivity (Wildman–Crippen MR) is 123 cm³/mol. The Balaban J connectivity index is 1.44. The molecule has 158 valence electrons. The quantitative estimate of drug-likeness (QED) is 0.566. The van der Waals surface area contributed by atoms with Crippen LogP contribution in [0, 0.1) is 11.3 Å². The van der Waals surface area contributed by atoms with Crippen LogP contribution in [0.15, 0.2) is 71.6 Å². The number of hydrogen-bond acceptors (Lipinski definition) is 6. The lowest BCUT2D eigenvalue weighted by atomic mass is 10.1. The average molecular weight is 443 g/mol. The second-order valence-electron chi connectivity index (χ2n) is 6.86. The molecule has 3 aromatic rings.